The molecule has 3 N–H and O–H groups in total. The maximum Gasteiger partial charge on any atom is 0.414 e. The number of imidazole rings is 1. The first-order valence-corrected chi connectivity index (χ1v) is 11.2. The Morgan fingerprint density at radius 2 is 2.06 bits per heavy atom. The Balaban J connectivity index is 1.75. The average Bonchev–Trinajstić information content (AvgIpc) is 3.20. The van der Waals surface area contributed by atoms with E-state index in [2.05, 4.69) is 25.7 Å². The molecule has 0 radical (unpaired) electrons. The van der Waals surface area contributed by atoms with Crippen LogP contribution in [0.4, 0.5) is 22.0 Å². The highest BCUT2D eigenvalue weighted by atomic mass is 16.6. The van der Waals surface area contributed by atoms with Gasteiger partial charge in [-0.15, -0.1) is 5.10 Å². The van der Waals surface area contributed by atoms with Gasteiger partial charge in [0.25, 0.3) is 11.5 Å². The van der Waals surface area contributed by atoms with Gasteiger partial charge in [0.1, 0.15) is 11.3 Å². The minimum Gasteiger partial charge on any atom is -0.443 e. The maximum atomic E-state index is 13.1. The van der Waals surface area contributed by atoms with Gasteiger partial charge in [0.2, 0.25) is 0 Å². The summed E-state index contributed by atoms with van der Waals surface area (Å²) in [5.41, 5.74) is -0.0427. The Hall–Kier alpha value is -3.93. The summed E-state index contributed by atoms with van der Waals surface area (Å²) in [7, 11) is 3.15. The number of aromatic nitrogens is 4. The zero-order chi connectivity index (χ0) is 25.3. The number of hydrogen-bond acceptors (Lipinski definition) is 8. The van der Waals surface area contributed by atoms with Gasteiger partial charge in [-0.3, -0.25) is 14.5 Å². The summed E-state index contributed by atoms with van der Waals surface area (Å²) in [4.78, 5) is 46.3. The molecule has 3 aromatic rings. The highest BCUT2D eigenvalue weighted by molar-refractivity contribution is 5.96. The summed E-state index contributed by atoms with van der Waals surface area (Å²) in [6.45, 7) is 5.30. The lowest BCUT2D eigenvalue weighted by molar-refractivity contribution is 0.00718. The largest absolute Gasteiger partial charge is 0.443 e. The second-order valence-corrected chi connectivity index (χ2v) is 9.30. The number of pyridine rings is 1. The molecule has 1 aliphatic rings. The molecule has 0 aliphatic heterocycles. The van der Waals surface area contributed by atoms with Gasteiger partial charge >= 0.3 is 6.09 Å². The smallest absolute Gasteiger partial charge is 0.414 e. The highest BCUT2D eigenvalue weighted by Gasteiger charge is 2.33. The molecule has 0 saturated heterocycles. The van der Waals surface area contributed by atoms with Crippen LogP contribution in [0.5, 0.6) is 0 Å². The Morgan fingerprint density at radius 1 is 1.29 bits per heavy atom. The molecule has 1 saturated carbocycles. The summed E-state index contributed by atoms with van der Waals surface area (Å²) in [5, 5.41) is 10.4. The van der Waals surface area contributed by atoms with E-state index in [9.17, 15) is 14.4 Å². The highest BCUT2D eigenvalue weighted by Crippen LogP contribution is 2.27. The molecule has 1 aliphatic carbocycles. The fourth-order valence-corrected chi connectivity index (χ4v) is 3.66. The van der Waals surface area contributed by atoms with Crippen LogP contribution in [0.25, 0.3) is 5.65 Å². The molecule has 4 rings (SSSR count). The number of carbonyl (C=O) groups is 2. The average molecular weight is 484 g/mol. The number of nitrogens with one attached hydrogen (secondary N) is 3. The van der Waals surface area contributed by atoms with Crippen LogP contribution in [0.1, 0.15) is 44.1 Å². The summed E-state index contributed by atoms with van der Waals surface area (Å²) in [6.07, 6.45) is 3.94. The van der Waals surface area contributed by atoms with Gasteiger partial charge in [-0.2, -0.15) is 0 Å². The van der Waals surface area contributed by atoms with Crippen molar-refractivity contribution >= 4 is 34.8 Å². The van der Waals surface area contributed by atoms with E-state index in [-0.39, 0.29) is 46.5 Å². The maximum absolute atomic E-state index is 13.1. The standard InChI is InChI=1S/C23H29N7O5/c1-23(2,3)35-22(33)29(4)15-11-18(26-14-7-6-10-24-20(14)31)28-30-16(12-25-19(15)30)21(32)27-13-8-9-17(13)34-5/h6-7,10-13,17H,8-9H2,1-5H3,(H,24,31)(H,26,28)(H,27,32)/t13?,17-/m0/s1. The van der Waals surface area contributed by atoms with Gasteiger partial charge in [-0.1, -0.05) is 0 Å². The van der Waals surface area contributed by atoms with Crippen molar-refractivity contribution in [2.45, 2.75) is 51.4 Å². The number of carbonyl (C=O) groups excluding carboxylic acids is 2. The summed E-state index contributed by atoms with van der Waals surface area (Å²) < 4.78 is 12.2. The van der Waals surface area contributed by atoms with Crippen LogP contribution in [0.15, 0.2) is 35.4 Å². The monoisotopic (exact) mass is 483 g/mol. The van der Waals surface area contributed by atoms with E-state index in [1.54, 1.807) is 46.1 Å². The molecule has 2 amide bonds. The van der Waals surface area contributed by atoms with Gasteiger partial charge in [0, 0.05) is 26.4 Å². The van der Waals surface area contributed by atoms with Crippen molar-refractivity contribution in [3.05, 3.63) is 46.6 Å². The third-order valence-corrected chi connectivity index (χ3v) is 5.62. The molecule has 2 atom stereocenters. The van der Waals surface area contributed by atoms with Gasteiger partial charge in [0.05, 0.1) is 24.0 Å². The van der Waals surface area contributed by atoms with Crippen LogP contribution in [0, 0.1) is 0 Å². The quantitative estimate of drug-likeness (QED) is 0.485. The van der Waals surface area contributed by atoms with E-state index >= 15 is 0 Å². The van der Waals surface area contributed by atoms with Crippen LogP contribution >= 0.6 is 0 Å². The molecule has 186 valence electrons. The predicted octanol–water partition coefficient (Wildman–Crippen LogP) is 2.44. The number of amides is 2. The molecular weight excluding hydrogens is 454 g/mol. The van der Waals surface area contributed by atoms with Crippen LogP contribution in [0.3, 0.4) is 0 Å². The van der Waals surface area contributed by atoms with E-state index in [1.165, 1.54) is 28.9 Å². The summed E-state index contributed by atoms with van der Waals surface area (Å²) in [6, 6.07) is 4.71. The Kier molecular flexibility index (Phi) is 6.48. The summed E-state index contributed by atoms with van der Waals surface area (Å²) >= 11 is 0. The first kappa shape index (κ1) is 24.2. The van der Waals surface area contributed by atoms with Crippen molar-refractivity contribution in [1.82, 2.24) is 24.9 Å². The van der Waals surface area contributed by atoms with Crippen LogP contribution in [-0.4, -0.2) is 63.5 Å². The number of anilines is 3. The number of rotatable bonds is 6. The van der Waals surface area contributed by atoms with Gasteiger partial charge in [0.15, 0.2) is 17.2 Å². The fourth-order valence-electron chi connectivity index (χ4n) is 3.66. The fraction of sp³-hybridized carbons (Fsp3) is 0.435. The molecule has 12 heteroatoms. The van der Waals surface area contributed by atoms with Crippen molar-refractivity contribution < 1.29 is 19.1 Å². The Bertz CT molecular complexity index is 1310. The van der Waals surface area contributed by atoms with Crippen LogP contribution < -0.4 is 21.1 Å². The molecule has 12 nitrogen and oxygen atoms in total. The summed E-state index contributed by atoms with van der Waals surface area (Å²) in [5.74, 6) is -0.151. The van der Waals surface area contributed by atoms with Crippen molar-refractivity contribution in [2.24, 2.45) is 0 Å². The Morgan fingerprint density at radius 3 is 2.69 bits per heavy atom. The lowest BCUT2D eigenvalue weighted by atomic mass is 9.89. The molecule has 1 unspecified atom stereocenters. The number of aromatic amines is 1. The first-order valence-electron chi connectivity index (χ1n) is 11.2. The number of methoxy groups -OCH3 is 1. The van der Waals surface area contributed by atoms with Crippen molar-refractivity contribution in [3.63, 3.8) is 0 Å². The third kappa shape index (κ3) is 5.11. The van der Waals surface area contributed by atoms with Crippen LogP contribution in [0.2, 0.25) is 0 Å². The number of fused-ring (bicyclic) bond motifs is 1. The van der Waals surface area contributed by atoms with Gasteiger partial charge in [-0.05, 0) is 45.7 Å². The first-order chi connectivity index (χ1) is 16.6. The topological polar surface area (TPSA) is 143 Å². The second-order valence-electron chi connectivity index (χ2n) is 9.30. The second kappa shape index (κ2) is 9.37. The van der Waals surface area contributed by atoms with E-state index in [1.807, 2.05) is 0 Å². The molecule has 35 heavy (non-hydrogen) atoms. The lowest BCUT2D eigenvalue weighted by Gasteiger charge is -2.35. The molecule has 0 aromatic carbocycles. The Labute approximate surface area is 201 Å². The van der Waals surface area contributed by atoms with E-state index in [0.29, 0.717) is 5.69 Å². The van der Waals surface area contributed by atoms with Gasteiger partial charge in [-0.25, -0.2) is 14.3 Å². The number of hydrogen-bond donors (Lipinski definition) is 3. The predicted molar refractivity (Wildman–Crippen MR) is 129 cm³/mol. The van der Waals surface area contributed by atoms with Gasteiger partial charge < -0.3 is 25.1 Å². The van der Waals surface area contributed by atoms with E-state index in [4.69, 9.17) is 9.47 Å². The molecular formula is C23H29N7O5. The van der Waals surface area contributed by atoms with Crippen molar-refractivity contribution in [3.8, 4) is 0 Å². The zero-order valence-corrected chi connectivity index (χ0v) is 20.3. The number of H-pyrrole nitrogens is 1. The molecule has 0 spiro atoms. The van der Waals surface area contributed by atoms with E-state index < -0.39 is 11.7 Å². The number of ether oxygens (including phenoxy) is 2. The SMILES string of the molecule is CO[C@H]1CCC1NC(=O)c1cnc2c(N(C)C(=O)OC(C)(C)C)cc(Nc3ccc[nH]c3=O)nn12. The number of nitrogens with zero attached hydrogens (tertiary/aromatic N) is 4. The molecule has 1 fully saturated rings. The molecule has 3 aromatic heterocycles. The molecule has 3 heterocycles. The van der Waals surface area contributed by atoms with Crippen molar-refractivity contribution in [1.29, 1.82) is 0 Å². The van der Waals surface area contributed by atoms with E-state index in [0.717, 1.165) is 12.8 Å². The minimum absolute atomic E-state index is 0.0398. The third-order valence-electron chi connectivity index (χ3n) is 5.62. The van der Waals surface area contributed by atoms with Crippen molar-refractivity contribution in [2.75, 3.05) is 24.4 Å². The molecule has 0 bridgehead atoms. The lowest BCUT2D eigenvalue weighted by Crippen LogP contribution is -2.51. The zero-order valence-electron chi connectivity index (χ0n) is 20.3. The van der Waals surface area contributed by atoms with Crippen LogP contribution in [-0.2, 0) is 9.47 Å². The minimum atomic E-state index is -0.714. The normalized spacial score (nSPS) is 17.5.